The van der Waals surface area contributed by atoms with Gasteiger partial charge in [0, 0.05) is 28.4 Å². The second-order valence-electron chi connectivity index (χ2n) is 6.47. The number of nitrogens with one attached hydrogen (secondary N) is 1. The molecule has 0 bridgehead atoms. The van der Waals surface area contributed by atoms with Crippen LogP contribution in [0.5, 0.6) is 11.5 Å². The van der Waals surface area contributed by atoms with Crippen molar-refractivity contribution in [1.82, 2.24) is 0 Å². The number of carboxylic acid groups (broad SMARTS) is 1. The van der Waals surface area contributed by atoms with Gasteiger partial charge in [-0.2, -0.15) is 0 Å². The largest absolute Gasteiger partial charge is 0.493 e. The van der Waals surface area contributed by atoms with E-state index in [1.54, 1.807) is 26.2 Å². The minimum Gasteiger partial charge on any atom is -0.493 e. The summed E-state index contributed by atoms with van der Waals surface area (Å²) in [6, 6.07) is 18.3. The third-order valence-electron chi connectivity index (χ3n) is 4.64. The molecule has 5 nitrogen and oxygen atoms in total. The Hall–Kier alpha value is -3.18. The number of rotatable bonds is 8. The standard InChI is InChI=1S/C23H22ClNO4/c1-15-18(23(26)27)9-6-11-20(15)25-13-16-8-5-12-21(28-2)22(16)29-14-17-7-3-4-10-19(17)24/h3-12,25H,13-14H2,1-2H3,(H,26,27). The molecule has 150 valence electrons. The minimum absolute atomic E-state index is 0.274. The number of halogens is 1. The fraction of sp³-hybridized carbons (Fsp3) is 0.174. The zero-order valence-corrected chi connectivity index (χ0v) is 17.0. The molecule has 3 aromatic carbocycles. The van der Waals surface area contributed by atoms with Crippen LogP contribution in [0.4, 0.5) is 5.69 Å². The third kappa shape index (κ3) is 4.81. The van der Waals surface area contributed by atoms with E-state index in [1.807, 2.05) is 48.5 Å². The Morgan fingerprint density at radius 1 is 1.03 bits per heavy atom. The van der Waals surface area contributed by atoms with Crippen LogP contribution in [0.1, 0.15) is 27.0 Å². The zero-order chi connectivity index (χ0) is 20.8. The van der Waals surface area contributed by atoms with Crippen molar-refractivity contribution >= 4 is 23.3 Å². The average molecular weight is 412 g/mol. The van der Waals surface area contributed by atoms with E-state index in [1.165, 1.54) is 0 Å². The van der Waals surface area contributed by atoms with Gasteiger partial charge >= 0.3 is 5.97 Å². The minimum atomic E-state index is -0.948. The van der Waals surface area contributed by atoms with Gasteiger partial charge in [0.2, 0.25) is 0 Å². The van der Waals surface area contributed by atoms with Gasteiger partial charge in [-0.05, 0) is 36.8 Å². The van der Waals surface area contributed by atoms with Crippen LogP contribution in [-0.4, -0.2) is 18.2 Å². The number of anilines is 1. The fourth-order valence-corrected chi connectivity index (χ4v) is 3.23. The molecule has 0 aromatic heterocycles. The van der Waals surface area contributed by atoms with Crippen LogP contribution in [0.15, 0.2) is 60.7 Å². The predicted molar refractivity (Wildman–Crippen MR) is 114 cm³/mol. The molecule has 3 rings (SSSR count). The summed E-state index contributed by atoms with van der Waals surface area (Å²) in [4.78, 5) is 11.4. The van der Waals surface area contributed by atoms with Crippen molar-refractivity contribution < 1.29 is 19.4 Å². The Morgan fingerprint density at radius 2 is 1.76 bits per heavy atom. The van der Waals surface area contributed by atoms with Crippen molar-refractivity contribution in [3.05, 3.63) is 87.9 Å². The lowest BCUT2D eigenvalue weighted by Crippen LogP contribution is -2.08. The lowest BCUT2D eigenvalue weighted by Gasteiger charge is -2.17. The number of carbonyl (C=O) groups is 1. The Morgan fingerprint density at radius 3 is 2.48 bits per heavy atom. The summed E-state index contributed by atoms with van der Waals surface area (Å²) < 4.78 is 11.5. The SMILES string of the molecule is COc1cccc(CNc2cccc(C(=O)O)c2C)c1OCc1ccccc1Cl. The molecular formula is C23H22ClNO4. The number of ether oxygens (including phenoxy) is 2. The highest BCUT2D eigenvalue weighted by Crippen LogP contribution is 2.33. The number of methoxy groups -OCH3 is 1. The van der Waals surface area contributed by atoms with Crippen molar-refractivity contribution in [3.63, 3.8) is 0 Å². The molecule has 0 heterocycles. The summed E-state index contributed by atoms with van der Waals surface area (Å²) in [6.45, 7) is 2.53. The summed E-state index contributed by atoms with van der Waals surface area (Å²) in [5, 5.41) is 13.3. The maximum Gasteiger partial charge on any atom is 0.336 e. The molecule has 0 radical (unpaired) electrons. The maximum atomic E-state index is 11.4. The molecule has 0 aliphatic rings. The molecule has 0 saturated carbocycles. The molecule has 0 amide bonds. The number of hydrogen-bond acceptors (Lipinski definition) is 4. The topological polar surface area (TPSA) is 67.8 Å². The normalized spacial score (nSPS) is 10.4. The Kier molecular flexibility index (Phi) is 6.62. The fourth-order valence-electron chi connectivity index (χ4n) is 3.04. The van der Waals surface area contributed by atoms with Crippen LogP contribution in [0.3, 0.4) is 0 Å². The first-order chi connectivity index (χ1) is 14.0. The quantitative estimate of drug-likeness (QED) is 0.509. The first kappa shape index (κ1) is 20.6. The number of benzene rings is 3. The van der Waals surface area contributed by atoms with Gasteiger partial charge in [0.05, 0.1) is 12.7 Å². The van der Waals surface area contributed by atoms with Gasteiger partial charge in [-0.25, -0.2) is 4.79 Å². The summed E-state index contributed by atoms with van der Waals surface area (Å²) in [5.74, 6) is 0.290. The smallest absolute Gasteiger partial charge is 0.336 e. The number of hydrogen-bond donors (Lipinski definition) is 2. The average Bonchev–Trinajstić information content (AvgIpc) is 2.72. The van der Waals surface area contributed by atoms with Crippen LogP contribution >= 0.6 is 11.6 Å². The summed E-state index contributed by atoms with van der Waals surface area (Å²) in [5.41, 5.74) is 3.47. The van der Waals surface area contributed by atoms with Gasteiger partial charge in [0.1, 0.15) is 6.61 Å². The van der Waals surface area contributed by atoms with E-state index in [2.05, 4.69) is 5.32 Å². The number of carboxylic acids is 1. The summed E-state index contributed by atoms with van der Waals surface area (Å²) >= 11 is 6.23. The maximum absolute atomic E-state index is 11.4. The van der Waals surface area contributed by atoms with Gasteiger partial charge in [0.15, 0.2) is 11.5 Å². The van der Waals surface area contributed by atoms with E-state index in [9.17, 15) is 9.90 Å². The molecule has 0 spiro atoms. The molecule has 0 saturated heterocycles. The van der Waals surface area contributed by atoms with E-state index in [-0.39, 0.29) is 5.56 Å². The Bertz CT molecular complexity index is 1020. The van der Waals surface area contributed by atoms with Gasteiger partial charge < -0.3 is 19.9 Å². The predicted octanol–water partition coefficient (Wildman–Crippen LogP) is 5.55. The Balaban J connectivity index is 1.82. The van der Waals surface area contributed by atoms with Gasteiger partial charge in [-0.1, -0.05) is 48.0 Å². The van der Waals surface area contributed by atoms with Crippen molar-refractivity contribution in [2.45, 2.75) is 20.1 Å². The van der Waals surface area contributed by atoms with E-state index in [0.29, 0.717) is 35.2 Å². The third-order valence-corrected chi connectivity index (χ3v) is 5.01. The van der Waals surface area contributed by atoms with Crippen molar-refractivity contribution in [2.24, 2.45) is 0 Å². The van der Waals surface area contributed by atoms with Crippen LogP contribution in [0.25, 0.3) is 0 Å². The van der Waals surface area contributed by atoms with E-state index in [0.717, 1.165) is 16.8 Å². The van der Waals surface area contributed by atoms with Gasteiger partial charge in [-0.3, -0.25) is 0 Å². The molecule has 6 heteroatoms. The van der Waals surface area contributed by atoms with Crippen LogP contribution in [0.2, 0.25) is 5.02 Å². The molecule has 0 aliphatic carbocycles. The first-order valence-corrected chi connectivity index (χ1v) is 9.48. The summed E-state index contributed by atoms with van der Waals surface area (Å²) in [7, 11) is 1.59. The lowest BCUT2D eigenvalue weighted by atomic mass is 10.1. The second kappa shape index (κ2) is 9.34. The zero-order valence-electron chi connectivity index (χ0n) is 16.2. The molecule has 0 unspecified atom stereocenters. The van der Waals surface area contributed by atoms with E-state index < -0.39 is 5.97 Å². The number of para-hydroxylation sites is 1. The molecule has 2 N–H and O–H groups in total. The highest BCUT2D eigenvalue weighted by molar-refractivity contribution is 6.31. The molecule has 0 aliphatic heterocycles. The van der Waals surface area contributed by atoms with Crippen molar-refractivity contribution in [3.8, 4) is 11.5 Å². The lowest BCUT2D eigenvalue weighted by molar-refractivity contribution is 0.0696. The second-order valence-corrected chi connectivity index (χ2v) is 6.87. The molecule has 0 atom stereocenters. The van der Waals surface area contributed by atoms with E-state index in [4.69, 9.17) is 21.1 Å². The Labute approximate surface area is 174 Å². The first-order valence-electron chi connectivity index (χ1n) is 9.10. The highest BCUT2D eigenvalue weighted by atomic mass is 35.5. The molecular weight excluding hydrogens is 390 g/mol. The molecule has 3 aromatic rings. The van der Waals surface area contributed by atoms with Gasteiger partial charge in [0.25, 0.3) is 0 Å². The van der Waals surface area contributed by atoms with Crippen LogP contribution in [-0.2, 0) is 13.2 Å². The summed E-state index contributed by atoms with van der Waals surface area (Å²) in [6.07, 6.45) is 0. The number of aromatic carboxylic acids is 1. The molecule has 29 heavy (non-hydrogen) atoms. The van der Waals surface area contributed by atoms with Crippen molar-refractivity contribution in [1.29, 1.82) is 0 Å². The van der Waals surface area contributed by atoms with Crippen LogP contribution < -0.4 is 14.8 Å². The van der Waals surface area contributed by atoms with Crippen molar-refractivity contribution in [2.75, 3.05) is 12.4 Å². The highest BCUT2D eigenvalue weighted by Gasteiger charge is 2.14. The van der Waals surface area contributed by atoms with E-state index >= 15 is 0 Å². The molecule has 0 fully saturated rings. The van der Waals surface area contributed by atoms with Crippen LogP contribution in [0, 0.1) is 6.92 Å². The monoisotopic (exact) mass is 411 g/mol. The van der Waals surface area contributed by atoms with Gasteiger partial charge in [-0.15, -0.1) is 0 Å².